The minimum atomic E-state index is -2.43. The van der Waals surface area contributed by atoms with Crippen LogP contribution in [0.1, 0.15) is 6.92 Å². The largest absolute Gasteiger partial charge is 0.411 e. The zero-order chi connectivity index (χ0) is 7.49. The van der Waals surface area contributed by atoms with Crippen molar-refractivity contribution in [3.8, 4) is 0 Å². The predicted octanol–water partition coefficient (Wildman–Crippen LogP) is 1.60. The number of rotatable bonds is 2. The Bertz CT molecular complexity index is 127. The monoisotopic (exact) mass is 152 g/mol. The average Bonchev–Trinajstić information content (AvgIpc) is 1.62. The van der Waals surface area contributed by atoms with Crippen LogP contribution in [0.2, 0.25) is 0 Å². The van der Waals surface area contributed by atoms with Gasteiger partial charge in [-0.05, 0) is 11.6 Å². The van der Waals surface area contributed by atoms with E-state index in [1.165, 1.54) is 0 Å². The number of ether oxygens (including phenoxy) is 1. The molecule has 9 heavy (non-hydrogen) atoms. The summed E-state index contributed by atoms with van der Waals surface area (Å²) in [5.74, 6) is -0.880. The first-order valence-corrected chi connectivity index (χ1v) is 2.57. The summed E-state index contributed by atoms with van der Waals surface area (Å²) in [6.07, 6.45) is 0.834. The van der Waals surface area contributed by atoms with E-state index >= 15 is 0 Å². The summed E-state index contributed by atoms with van der Waals surface area (Å²) in [6.45, 7) is 3.96. The number of hydrogen-bond acceptors (Lipinski definition) is 2. The van der Waals surface area contributed by atoms with E-state index in [0.717, 1.165) is 13.0 Å². The van der Waals surface area contributed by atoms with Crippen LogP contribution in [-0.2, 0) is 9.53 Å². The summed E-state index contributed by atoms with van der Waals surface area (Å²) in [4.78, 5) is 10.2. The first kappa shape index (κ1) is 8.43. The summed E-state index contributed by atoms with van der Waals surface area (Å²) in [5.41, 5.74) is 0. The molecule has 0 saturated heterocycles. The molecule has 0 heterocycles. The van der Waals surface area contributed by atoms with Crippen LogP contribution in [-0.4, -0.2) is 11.3 Å². The van der Waals surface area contributed by atoms with E-state index in [4.69, 9.17) is 11.6 Å². The third-order valence-corrected chi connectivity index (χ3v) is 0.524. The fraction of sp³-hybridized carbons (Fsp3) is 0.400. The molecule has 0 N–H and O–H groups in total. The molecule has 4 heteroatoms. The van der Waals surface area contributed by atoms with Gasteiger partial charge in [0.15, 0.2) is 0 Å². The molecule has 1 unspecified atom stereocenters. The Morgan fingerprint density at radius 1 is 2.00 bits per heavy atom. The van der Waals surface area contributed by atoms with Crippen LogP contribution in [0.3, 0.4) is 0 Å². The molecule has 0 rings (SSSR count). The van der Waals surface area contributed by atoms with Gasteiger partial charge in [0.1, 0.15) is 0 Å². The Balaban J connectivity index is 3.74. The molecule has 0 saturated carbocycles. The lowest BCUT2D eigenvalue weighted by atomic mass is 10.6. The van der Waals surface area contributed by atoms with Crippen molar-refractivity contribution in [3.05, 3.63) is 12.7 Å². The van der Waals surface area contributed by atoms with Gasteiger partial charge >= 0.3 is 11.3 Å². The first-order valence-electron chi connectivity index (χ1n) is 2.19. The quantitative estimate of drug-likeness (QED) is 0.341. The molecular weight excluding hydrogens is 147 g/mol. The highest BCUT2D eigenvalue weighted by Gasteiger charge is 2.21. The van der Waals surface area contributed by atoms with Gasteiger partial charge in [-0.2, -0.15) is 4.39 Å². The van der Waals surface area contributed by atoms with Crippen molar-refractivity contribution in [1.29, 1.82) is 0 Å². The third kappa shape index (κ3) is 5.30. The Kier molecular flexibility index (Phi) is 2.65. The number of alkyl halides is 2. The fourth-order valence-electron chi connectivity index (χ4n) is 0.218. The summed E-state index contributed by atoms with van der Waals surface area (Å²) >= 11 is 4.85. The second kappa shape index (κ2) is 2.82. The second-order valence-electron chi connectivity index (χ2n) is 1.43. The Morgan fingerprint density at radius 2 is 2.44 bits per heavy atom. The summed E-state index contributed by atoms with van der Waals surface area (Å²) < 4.78 is 16.0. The van der Waals surface area contributed by atoms with Crippen LogP contribution in [0.4, 0.5) is 4.39 Å². The third-order valence-electron chi connectivity index (χ3n) is 0.446. The zero-order valence-corrected chi connectivity index (χ0v) is 5.61. The molecule has 0 aliphatic rings. The van der Waals surface area contributed by atoms with Crippen molar-refractivity contribution in [2.75, 3.05) is 0 Å². The predicted molar refractivity (Wildman–Crippen MR) is 31.7 cm³/mol. The normalized spacial score (nSPS) is 15.9. The van der Waals surface area contributed by atoms with Gasteiger partial charge in [-0.1, -0.05) is 6.58 Å². The van der Waals surface area contributed by atoms with Gasteiger partial charge in [-0.3, -0.25) is 0 Å². The van der Waals surface area contributed by atoms with Crippen LogP contribution < -0.4 is 0 Å². The van der Waals surface area contributed by atoms with Crippen LogP contribution in [0.25, 0.3) is 0 Å². The summed E-state index contributed by atoms with van der Waals surface area (Å²) in [6, 6.07) is 0. The maximum Gasteiger partial charge on any atom is 0.333 e. The molecular formula is C5H6ClFO2. The molecule has 0 aromatic rings. The molecule has 2 nitrogen and oxygen atoms in total. The van der Waals surface area contributed by atoms with Crippen LogP contribution in [0.15, 0.2) is 12.7 Å². The van der Waals surface area contributed by atoms with Gasteiger partial charge in [0.25, 0.3) is 0 Å². The molecule has 0 aromatic carbocycles. The van der Waals surface area contributed by atoms with Crippen molar-refractivity contribution in [3.63, 3.8) is 0 Å². The van der Waals surface area contributed by atoms with E-state index in [0.29, 0.717) is 0 Å². The highest BCUT2D eigenvalue weighted by molar-refractivity contribution is 6.22. The van der Waals surface area contributed by atoms with Gasteiger partial charge in [-0.15, -0.1) is 0 Å². The SMILES string of the molecule is C=CC(=O)OC(C)(F)Cl. The van der Waals surface area contributed by atoms with Crippen molar-refractivity contribution in [2.24, 2.45) is 0 Å². The van der Waals surface area contributed by atoms with Gasteiger partial charge in [0, 0.05) is 13.0 Å². The maximum atomic E-state index is 12.1. The molecule has 0 spiro atoms. The van der Waals surface area contributed by atoms with Crippen LogP contribution >= 0.6 is 11.6 Å². The number of carbonyl (C=O) groups excluding carboxylic acids is 1. The van der Waals surface area contributed by atoms with Crippen molar-refractivity contribution >= 4 is 17.6 Å². The number of hydrogen-bond donors (Lipinski definition) is 0. The lowest BCUT2D eigenvalue weighted by molar-refractivity contribution is -0.155. The fourth-order valence-corrected chi connectivity index (χ4v) is 0.294. The Morgan fingerprint density at radius 3 is 2.56 bits per heavy atom. The average molecular weight is 153 g/mol. The molecule has 0 radical (unpaired) electrons. The van der Waals surface area contributed by atoms with E-state index in [1.54, 1.807) is 0 Å². The molecule has 0 fully saturated rings. The molecule has 52 valence electrons. The van der Waals surface area contributed by atoms with Crippen LogP contribution in [0.5, 0.6) is 0 Å². The first-order chi connectivity index (χ1) is 3.95. The molecule has 0 aliphatic carbocycles. The highest BCUT2D eigenvalue weighted by Crippen LogP contribution is 2.16. The topological polar surface area (TPSA) is 26.3 Å². The van der Waals surface area contributed by atoms with Crippen molar-refractivity contribution in [2.45, 2.75) is 12.2 Å². The van der Waals surface area contributed by atoms with Gasteiger partial charge in [0.2, 0.25) is 0 Å². The van der Waals surface area contributed by atoms with E-state index < -0.39 is 11.3 Å². The van der Waals surface area contributed by atoms with E-state index in [9.17, 15) is 9.18 Å². The van der Waals surface area contributed by atoms with Crippen molar-refractivity contribution in [1.82, 2.24) is 0 Å². The lowest BCUT2D eigenvalue weighted by Gasteiger charge is -2.09. The Hall–Kier alpha value is -0.570. The molecule has 0 bridgehead atoms. The molecule has 0 aliphatic heterocycles. The number of esters is 1. The van der Waals surface area contributed by atoms with E-state index in [-0.39, 0.29) is 0 Å². The van der Waals surface area contributed by atoms with Crippen molar-refractivity contribution < 1.29 is 13.9 Å². The van der Waals surface area contributed by atoms with E-state index in [2.05, 4.69) is 11.3 Å². The minimum Gasteiger partial charge on any atom is -0.411 e. The standard InChI is InChI=1S/C5H6ClFO2/c1-3-4(8)9-5(2,6)7/h3H,1H2,2H3. The minimum absolute atomic E-state index is 0.834. The molecule has 0 aromatic heterocycles. The lowest BCUT2D eigenvalue weighted by Crippen LogP contribution is -2.17. The highest BCUT2D eigenvalue weighted by atomic mass is 35.5. The van der Waals surface area contributed by atoms with Gasteiger partial charge < -0.3 is 4.74 Å². The Labute approximate surface area is 57.3 Å². The zero-order valence-electron chi connectivity index (χ0n) is 4.86. The smallest absolute Gasteiger partial charge is 0.333 e. The number of halogens is 2. The van der Waals surface area contributed by atoms with Gasteiger partial charge in [-0.25, -0.2) is 4.79 Å². The number of carbonyl (C=O) groups is 1. The van der Waals surface area contributed by atoms with Gasteiger partial charge in [0.05, 0.1) is 0 Å². The maximum absolute atomic E-state index is 12.1. The summed E-state index contributed by atoms with van der Waals surface area (Å²) in [7, 11) is 0. The summed E-state index contributed by atoms with van der Waals surface area (Å²) in [5, 5.41) is -2.43. The molecule has 0 amide bonds. The molecule has 1 atom stereocenters. The van der Waals surface area contributed by atoms with Crippen LogP contribution in [0, 0.1) is 0 Å². The van der Waals surface area contributed by atoms with E-state index in [1.807, 2.05) is 0 Å². The second-order valence-corrected chi connectivity index (χ2v) is 2.11.